The van der Waals surface area contributed by atoms with Gasteiger partial charge in [0.25, 0.3) is 11.8 Å². The molecule has 5 heterocycles. The van der Waals surface area contributed by atoms with Crippen LogP contribution in [0.15, 0.2) is 52.5 Å². The summed E-state index contributed by atoms with van der Waals surface area (Å²) in [6.45, 7) is 0.275. The molecule has 186 valence electrons. The third-order valence-electron chi connectivity index (χ3n) is 5.68. The maximum atomic E-state index is 13.0. The molecule has 2 aliphatic rings. The summed E-state index contributed by atoms with van der Waals surface area (Å²) in [7, 11) is 1.28. The van der Waals surface area contributed by atoms with Crippen LogP contribution in [0.1, 0.15) is 5.69 Å². The number of anilines is 1. The summed E-state index contributed by atoms with van der Waals surface area (Å²) in [5, 5.41) is 18.1. The van der Waals surface area contributed by atoms with Gasteiger partial charge in [-0.3, -0.25) is 18.9 Å². The highest BCUT2D eigenvalue weighted by Gasteiger charge is 2.54. The molecule has 0 saturated carbocycles. The van der Waals surface area contributed by atoms with Gasteiger partial charge in [-0.2, -0.15) is 4.57 Å². The number of amides is 2. The Balaban J connectivity index is 1.36. The van der Waals surface area contributed by atoms with E-state index < -0.39 is 29.2 Å². The van der Waals surface area contributed by atoms with E-state index in [0.29, 0.717) is 16.5 Å². The number of halogens is 1. The van der Waals surface area contributed by atoms with Gasteiger partial charge in [0.15, 0.2) is 29.8 Å². The van der Waals surface area contributed by atoms with Crippen LogP contribution in [0.3, 0.4) is 0 Å². The van der Waals surface area contributed by atoms with E-state index in [4.69, 9.17) is 22.2 Å². The minimum Gasteiger partial charge on any atom is -0.477 e. The second-order valence-corrected chi connectivity index (χ2v) is 10.2. The summed E-state index contributed by atoms with van der Waals surface area (Å²) < 4.78 is 3.63. The Morgan fingerprint density at radius 2 is 2.25 bits per heavy atom. The van der Waals surface area contributed by atoms with Gasteiger partial charge in [-0.05, 0) is 12.1 Å². The highest BCUT2D eigenvalue weighted by molar-refractivity contribution is 8.00. The van der Waals surface area contributed by atoms with Crippen molar-refractivity contribution in [2.75, 3.05) is 18.6 Å². The Hall–Kier alpha value is -3.62. The number of β-lactam (4-membered cyclic amide) rings is 1. The zero-order valence-corrected chi connectivity index (χ0v) is 21.0. The Labute approximate surface area is 217 Å². The quantitative estimate of drug-likeness (QED) is 0.169. The molecule has 12 nitrogen and oxygen atoms in total. The van der Waals surface area contributed by atoms with Gasteiger partial charge in [0.1, 0.15) is 40.6 Å². The van der Waals surface area contributed by atoms with E-state index in [2.05, 4.69) is 15.5 Å². The lowest BCUT2D eigenvalue weighted by Crippen LogP contribution is -2.71. The number of carbonyl (C=O) groups excluding carboxylic acids is 2. The number of thioether (sulfide) groups is 1. The minimum absolute atomic E-state index is 0.0758. The lowest BCUT2D eigenvalue weighted by atomic mass is 10.0. The second-order valence-electron chi connectivity index (χ2n) is 7.86. The molecular weight excluding hydrogens is 530 g/mol. The van der Waals surface area contributed by atoms with Crippen molar-refractivity contribution >= 4 is 68.8 Å². The van der Waals surface area contributed by atoms with Gasteiger partial charge in [-0.1, -0.05) is 16.8 Å². The lowest BCUT2D eigenvalue weighted by molar-refractivity contribution is -0.688. The van der Waals surface area contributed by atoms with E-state index in [-0.39, 0.29) is 28.8 Å². The summed E-state index contributed by atoms with van der Waals surface area (Å²) >= 11 is 8.63. The molecule has 15 heteroatoms. The van der Waals surface area contributed by atoms with Gasteiger partial charge in [0, 0.05) is 16.7 Å². The Kier molecular flexibility index (Phi) is 6.32. The van der Waals surface area contributed by atoms with E-state index in [1.54, 1.807) is 28.2 Å². The monoisotopic (exact) mass is 548 g/mol. The molecule has 0 bridgehead atoms. The van der Waals surface area contributed by atoms with Crippen molar-refractivity contribution in [2.45, 2.75) is 18.0 Å². The van der Waals surface area contributed by atoms with Crippen LogP contribution in [0, 0.1) is 0 Å². The predicted octanol–water partition coefficient (Wildman–Crippen LogP) is 0.708. The van der Waals surface area contributed by atoms with Crippen LogP contribution >= 0.6 is 34.7 Å². The van der Waals surface area contributed by atoms with Crippen LogP contribution in [-0.2, 0) is 25.8 Å². The standard InChI is InChI=1S/C21H18ClN7O5S2/c1-34-26-14(12-9-36-21(23)24-12)17(30)25-15-18(31)29-16(20(32)33)10(8-35-19(15)29)6-27-4-5-28-11(7-27)2-3-13(28)22/h2-5,7,9,15,19H,6,8H2,1H3,(H3-,23,24,25,30,32,33)/p+1/t15-,19+/m1/s1. The third-order valence-corrected chi connectivity index (χ3v) is 8.00. The molecule has 0 unspecified atom stereocenters. The summed E-state index contributed by atoms with van der Waals surface area (Å²) in [6, 6.07) is 2.69. The number of aliphatic carboxylic acids is 1. The van der Waals surface area contributed by atoms with E-state index in [0.717, 1.165) is 16.9 Å². The number of carboxylic acids is 1. The number of carbonyl (C=O) groups is 3. The fraction of sp³-hybridized carbons (Fsp3) is 0.238. The smallest absolute Gasteiger partial charge is 0.352 e. The number of rotatable bonds is 7. The molecule has 1 saturated heterocycles. The average molecular weight is 549 g/mol. The number of oxime groups is 1. The van der Waals surface area contributed by atoms with E-state index in [1.165, 1.54) is 23.8 Å². The minimum atomic E-state index is -1.21. The Morgan fingerprint density at radius 3 is 2.94 bits per heavy atom. The molecule has 5 rings (SSSR count). The van der Waals surface area contributed by atoms with Crippen LogP contribution in [0.4, 0.5) is 5.13 Å². The van der Waals surface area contributed by atoms with Crippen molar-refractivity contribution in [1.29, 1.82) is 0 Å². The molecule has 0 aliphatic carbocycles. The third kappa shape index (κ3) is 4.16. The van der Waals surface area contributed by atoms with Crippen LogP contribution < -0.4 is 15.6 Å². The zero-order chi connectivity index (χ0) is 25.6. The number of hydrogen-bond acceptors (Lipinski definition) is 9. The highest BCUT2D eigenvalue weighted by Crippen LogP contribution is 2.40. The number of nitrogens with two attached hydrogens (primary N) is 1. The first-order valence-corrected chi connectivity index (χ1v) is 12.8. The van der Waals surface area contributed by atoms with Gasteiger partial charge in [-0.15, -0.1) is 23.1 Å². The fourth-order valence-corrected chi connectivity index (χ4v) is 6.19. The second kappa shape index (κ2) is 9.44. The van der Waals surface area contributed by atoms with Crippen LogP contribution in [-0.4, -0.2) is 67.2 Å². The van der Waals surface area contributed by atoms with Crippen molar-refractivity contribution in [3.05, 3.63) is 58.2 Å². The summed E-state index contributed by atoms with van der Waals surface area (Å²) in [6.07, 6.45) is 5.41. The maximum Gasteiger partial charge on any atom is 0.352 e. The number of thiazole rings is 1. The molecule has 0 aromatic carbocycles. The number of aromatic nitrogens is 3. The number of hydrogen-bond donors (Lipinski definition) is 3. The van der Waals surface area contributed by atoms with Crippen molar-refractivity contribution in [2.24, 2.45) is 5.16 Å². The molecule has 0 spiro atoms. The van der Waals surface area contributed by atoms with E-state index in [9.17, 15) is 19.5 Å². The molecule has 3 aromatic rings. The summed E-state index contributed by atoms with van der Waals surface area (Å²) in [5.74, 6) is -2.05. The van der Waals surface area contributed by atoms with E-state index >= 15 is 0 Å². The Morgan fingerprint density at radius 1 is 1.44 bits per heavy atom. The summed E-state index contributed by atoms with van der Waals surface area (Å²) in [5.41, 5.74) is 7.07. The highest BCUT2D eigenvalue weighted by atomic mass is 35.5. The molecule has 0 radical (unpaired) electrons. The Bertz CT molecular complexity index is 1470. The van der Waals surface area contributed by atoms with Crippen molar-refractivity contribution in [3.63, 3.8) is 0 Å². The lowest BCUT2D eigenvalue weighted by Gasteiger charge is -2.49. The van der Waals surface area contributed by atoms with Crippen molar-refractivity contribution < 1.29 is 28.9 Å². The first-order valence-electron chi connectivity index (χ1n) is 10.5. The SMILES string of the molecule is CON=C(C(=O)N[C@@H]1C(=O)N2C(C(=O)O)=C(C[n+]3ccn4c(Cl)ccc4c3)CS[C@@H]12)c1csc(N)n1. The van der Waals surface area contributed by atoms with Crippen molar-refractivity contribution in [3.8, 4) is 0 Å². The van der Waals surface area contributed by atoms with Gasteiger partial charge in [-0.25, -0.2) is 9.78 Å². The topological polar surface area (TPSA) is 156 Å². The van der Waals surface area contributed by atoms with Gasteiger partial charge < -0.3 is 21.0 Å². The zero-order valence-electron chi connectivity index (χ0n) is 18.6. The van der Waals surface area contributed by atoms with Crippen molar-refractivity contribution in [1.82, 2.24) is 19.6 Å². The molecular formula is C21H19ClN7O5S2+. The average Bonchev–Trinajstić information content (AvgIpc) is 3.45. The first-order chi connectivity index (χ1) is 17.3. The normalized spacial score (nSPS) is 19.8. The fourth-order valence-electron chi connectivity index (χ4n) is 4.09. The molecule has 36 heavy (non-hydrogen) atoms. The maximum absolute atomic E-state index is 13.0. The molecule has 1 fully saturated rings. The number of nitrogen functional groups attached to an aromatic ring is 1. The van der Waals surface area contributed by atoms with Crippen LogP contribution in [0.2, 0.25) is 5.15 Å². The largest absolute Gasteiger partial charge is 0.477 e. The number of nitrogens with zero attached hydrogens (tertiary/aromatic N) is 5. The summed E-state index contributed by atoms with van der Waals surface area (Å²) in [4.78, 5) is 48.1. The number of nitrogens with one attached hydrogen (secondary N) is 1. The molecule has 2 aliphatic heterocycles. The van der Waals surface area contributed by atoms with Gasteiger partial charge >= 0.3 is 5.97 Å². The van der Waals surface area contributed by atoms with Gasteiger partial charge in [0.05, 0.1) is 6.20 Å². The molecule has 3 aromatic heterocycles. The first kappa shape index (κ1) is 24.1. The number of carboxylic acid groups (broad SMARTS) is 1. The van der Waals surface area contributed by atoms with Crippen LogP contribution in [0.5, 0.6) is 0 Å². The molecule has 4 N–H and O–H groups in total. The number of fused-ring (bicyclic) bond motifs is 2. The van der Waals surface area contributed by atoms with Crippen LogP contribution in [0.25, 0.3) is 5.52 Å². The van der Waals surface area contributed by atoms with E-state index in [1.807, 2.05) is 16.8 Å². The molecule has 2 amide bonds. The van der Waals surface area contributed by atoms with Gasteiger partial charge in [0.2, 0.25) is 0 Å². The predicted molar refractivity (Wildman–Crippen MR) is 132 cm³/mol. The molecule has 2 atom stereocenters.